The molecule has 0 aliphatic rings. The van der Waals surface area contributed by atoms with Gasteiger partial charge in [-0.1, -0.05) is 0 Å². The number of rotatable bonds is 2. The minimum absolute atomic E-state index is 0.614. The summed E-state index contributed by atoms with van der Waals surface area (Å²) >= 11 is 4.25. The van der Waals surface area contributed by atoms with Gasteiger partial charge in [-0.2, -0.15) is 12.6 Å². The fourth-order valence-electron chi connectivity index (χ4n) is 1.73. The summed E-state index contributed by atoms with van der Waals surface area (Å²) in [6.07, 6.45) is 0.868. The predicted octanol–water partition coefficient (Wildman–Crippen LogP) is 2.44. The summed E-state index contributed by atoms with van der Waals surface area (Å²) in [7, 11) is 0. The van der Waals surface area contributed by atoms with Crippen LogP contribution >= 0.6 is 12.6 Å². The van der Waals surface area contributed by atoms with Gasteiger partial charge in [0.25, 0.3) is 0 Å². The highest BCUT2D eigenvalue weighted by atomic mass is 32.1. The van der Waals surface area contributed by atoms with Crippen molar-refractivity contribution in [2.24, 2.45) is 0 Å². The smallest absolute Gasteiger partial charge is 0.150 e. The van der Waals surface area contributed by atoms with Crippen LogP contribution in [0.3, 0.4) is 0 Å². The lowest BCUT2D eigenvalue weighted by Gasteiger charge is -2.15. The van der Waals surface area contributed by atoms with Gasteiger partial charge in [0, 0.05) is 17.0 Å². The van der Waals surface area contributed by atoms with Gasteiger partial charge < -0.3 is 5.73 Å². The Bertz CT molecular complexity index is 386. The second kappa shape index (κ2) is 4.05. The zero-order valence-electron chi connectivity index (χ0n) is 8.72. The van der Waals surface area contributed by atoms with Crippen molar-refractivity contribution < 1.29 is 4.79 Å². The van der Waals surface area contributed by atoms with Crippen molar-refractivity contribution in [3.63, 3.8) is 0 Å². The molecule has 2 N–H and O–H groups in total. The van der Waals surface area contributed by atoms with Crippen molar-refractivity contribution in [2.75, 3.05) is 5.73 Å². The molecule has 0 heterocycles. The van der Waals surface area contributed by atoms with Gasteiger partial charge in [-0.25, -0.2) is 0 Å². The van der Waals surface area contributed by atoms with E-state index >= 15 is 0 Å². The van der Waals surface area contributed by atoms with Gasteiger partial charge in [0.1, 0.15) is 0 Å². The highest BCUT2D eigenvalue weighted by Crippen LogP contribution is 2.28. The van der Waals surface area contributed by atoms with Crippen molar-refractivity contribution >= 4 is 24.6 Å². The maximum absolute atomic E-state index is 10.9. The Morgan fingerprint density at radius 2 is 1.79 bits per heavy atom. The van der Waals surface area contributed by atoms with E-state index in [1.807, 2.05) is 20.8 Å². The third-order valence-electron chi connectivity index (χ3n) is 2.80. The standard InChI is InChI=1S/C11H15NOS/c1-6-9(4-13)7(2)11(12)8(3)10(6)5-14/h4,14H,5,12H2,1-3H3. The van der Waals surface area contributed by atoms with Crippen molar-refractivity contribution in [3.8, 4) is 0 Å². The first kappa shape index (κ1) is 11.1. The molecule has 0 radical (unpaired) electrons. The molecule has 1 aromatic rings. The molecule has 0 aromatic heterocycles. The fourth-order valence-corrected chi connectivity index (χ4v) is 2.20. The Morgan fingerprint density at radius 3 is 2.21 bits per heavy atom. The van der Waals surface area contributed by atoms with Crippen LogP contribution in [0.25, 0.3) is 0 Å². The molecule has 0 aliphatic carbocycles. The number of hydrogen-bond donors (Lipinski definition) is 2. The van der Waals surface area contributed by atoms with E-state index in [2.05, 4.69) is 12.6 Å². The largest absolute Gasteiger partial charge is 0.398 e. The minimum Gasteiger partial charge on any atom is -0.398 e. The van der Waals surface area contributed by atoms with E-state index in [-0.39, 0.29) is 0 Å². The first-order valence-electron chi connectivity index (χ1n) is 4.48. The highest BCUT2D eigenvalue weighted by molar-refractivity contribution is 7.79. The Hall–Kier alpha value is -0.960. The lowest BCUT2D eigenvalue weighted by molar-refractivity contribution is 0.112. The average Bonchev–Trinajstić information content (AvgIpc) is 2.16. The van der Waals surface area contributed by atoms with Crippen LogP contribution in [0, 0.1) is 20.8 Å². The lowest BCUT2D eigenvalue weighted by atomic mass is 9.93. The van der Waals surface area contributed by atoms with E-state index in [9.17, 15) is 4.79 Å². The van der Waals surface area contributed by atoms with Gasteiger partial charge in [0.2, 0.25) is 0 Å². The van der Waals surface area contributed by atoms with Crippen LogP contribution in [-0.4, -0.2) is 6.29 Å². The number of aldehydes is 1. The summed E-state index contributed by atoms with van der Waals surface area (Å²) < 4.78 is 0. The molecule has 0 spiro atoms. The molecule has 0 fully saturated rings. The molecule has 2 nitrogen and oxygen atoms in total. The molecule has 1 aromatic carbocycles. The van der Waals surface area contributed by atoms with Gasteiger partial charge in [0.05, 0.1) is 0 Å². The fraction of sp³-hybridized carbons (Fsp3) is 0.364. The number of carbonyl (C=O) groups excluding carboxylic acids is 1. The Labute approximate surface area is 89.9 Å². The van der Waals surface area contributed by atoms with Gasteiger partial charge in [-0.3, -0.25) is 4.79 Å². The molecule has 14 heavy (non-hydrogen) atoms. The van der Waals surface area contributed by atoms with E-state index in [1.165, 1.54) is 0 Å². The van der Waals surface area contributed by atoms with Crippen LogP contribution in [0.2, 0.25) is 0 Å². The molecule has 0 unspecified atom stereocenters. The molecule has 0 atom stereocenters. The Kier molecular flexibility index (Phi) is 3.21. The van der Waals surface area contributed by atoms with Gasteiger partial charge >= 0.3 is 0 Å². The van der Waals surface area contributed by atoms with Crippen LogP contribution in [-0.2, 0) is 5.75 Å². The van der Waals surface area contributed by atoms with Crippen LogP contribution in [0.15, 0.2) is 0 Å². The van der Waals surface area contributed by atoms with Crippen molar-refractivity contribution in [1.29, 1.82) is 0 Å². The number of nitrogen functional groups attached to an aromatic ring is 1. The number of anilines is 1. The summed E-state index contributed by atoms with van der Waals surface area (Å²) in [6.45, 7) is 5.78. The number of carbonyl (C=O) groups is 1. The van der Waals surface area contributed by atoms with Crippen LogP contribution in [0.4, 0.5) is 5.69 Å². The maximum atomic E-state index is 10.9. The Balaban J connectivity index is 3.64. The van der Waals surface area contributed by atoms with E-state index in [0.29, 0.717) is 17.0 Å². The third-order valence-corrected chi connectivity index (χ3v) is 3.11. The number of thiol groups is 1. The molecule has 0 amide bonds. The van der Waals surface area contributed by atoms with Crippen LogP contribution < -0.4 is 5.73 Å². The van der Waals surface area contributed by atoms with E-state index < -0.39 is 0 Å². The average molecular weight is 209 g/mol. The van der Waals surface area contributed by atoms with Crippen LogP contribution in [0.5, 0.6) is 0 Å². The van der Waals surface area contributed by atoms with Crippen molar-refractivity contribution in [3.05, 3.63) is 27.8 Å². The molecule has 3 heteroatoms. The highest BCUT2D eigenvalue weighted by Gasteiger charge is 2.13. The SMILES string of the molecule is Cc1c(N)c(C)c(CS)c(C)c1C=O. The van der Waals surface area contributed by atoms with Crippen molar-refractivity contribution in [2.45, 2.75) is 26.5 Å². The molecule has 0 saturated carbocycles. The molecule has 76 valence electrons. The van der Waals surface area contributed by atoms with E-state index in [4.69, 9.17) is 5.73 Å². The second-order valence-corrected chi connectivity index (χ2v) is 3.77. The summed E-state index contributed by atoms with van der Waals surface area (Å²) in [4.78, 5) is 10.9. The molecule has 0 saturated heterocycles. The van der Waals surface area contributed by atoms with Gasteiger partial charge in [0.15, 0.2) is 6.29 Å². The zero-order chi connectivity index (χ0) is 10.9. The van der Waals surface area contributed by atoms with Crippen LogP contribution in [0.1, 0.15) is 32.6 Å². The zero-order valence-corrected chi connectivity index (χ0v) is 9.61. The summed E-state index contributed by atoms with van der Waals surface area (Å²) in [5.74, 6) is 0.614. The topological polar surface area (TPSA) is 43.1 Å². The number of hydrogen-bond acceptors (Lipinski definition) is 3. The normalized spacial score (nSPS) is 10.3. The number of benzene rings is 1. The summed E-state index contributed by atoms with van der Waals surface area (Å²) in [5, 5.41) is 0. The summed E-state index contributed by atoms with van der Waals surface area (Å²) in [6, 6.07) is 0. The molecular weight excluding hydrogens is 194 g/mol. The van der Waals surface area contributed by atoms with E-state index in [1.54, 1.807) is 0 Å². The molecule has 0 aliphatic heterocycles. The second-order valence-electron chi connectivity index (χ2n) is 3.46. The Morgan fingerprint density at radius 1 is 1.21 bits per heavy atom. The molecule has 0 bridgehead atoms. The minimum atomic E-state index is 0.614. The van der Waals surface area contributed by atoms with Gasteiger partial charge in [-0.15, -0.1) is 0 Å². The third kappa shape index (κ3) is 1.52. The first-order valence-corrected chi connectivity index (χ1v) is 5.12. The summed E-state index contributed by atoms with van der Waals surface area (Å²) in [5.41, 5.74) is 11.3. The first-order chi connectivity index (χ1) is 6.54. The molecular formula is C11H15NOS. The maximum Gasteiger partial charge on any atom is 0.150 e. The quantitative estimate of drug-likeness (QED) is 0.446. The number of nitrogens with two attached hydrogens (primary N) is 1. The van der Waals surface area contributed by atoms with Crippen molar-refractivity contribution in [1.82, 2.24) is 0 Å². The lowest BCUT2D eigenvalue weighted by Crippen LogP contribution is -2.05. The van der Waals surface area contributed by atoms with E-state index in [0.717, 1.165) is 28.5 Å². The van der Waals surface area contributed by atoms with Gasteiger partial charge in [-0.05, 0) is 43.0 Å². The molecule has 1 rings (SSSR count). The monoisotopic (exact) mass is 209 g/mol. The predicted molar refractivity (Wildman–Crippen MR) is 63.1 cm³/mol.